The number of aromatic amines is 2. The summed E-state index contributed by atoms with van der Waals surface area (Å²) in [6.45, 7) is 4.78. The first-order chi connectivity index (χ1) is 10.6. The first-order valence-corrected chi connectivity index (χ1v) is 7.60. The third kappa shape index (κ3) is 3.06. The highest BCUT2D eigenvalue weighted by Crippen LogP contribution is 2.18. The van der Waals surface area contributed by atoms with Gasteiger partial charge in [-0.2, -0.15) is 0 Å². The number of para-hydroxylation sites is 1. The SMILES string of the molecule is Cc1cc(CCNC(=O)Cc2c[nH]c3ccccc23)c(C)[nH]1. The Labute approximate surface area is 129 Å². The summed E-state index contributed by atoms with van der Waals surface area (Å²) in [7, 11) is 0. The first-order valence-electron chi connectivity index (χ1n) is 7.60. The Morgan fingerprint density at radius 1 is 1.18 bits per heavy atom. The fraction of sp³-hybridized carbons (Fsp3) is 0.278. The van der Waals surface area contributed by atoms with Crippen molar-refractivity contribution >= 4 is 16.8 Å². The molecule has 3 N–H and O–H groups in total. The Morgan fingerprint density at radius 2 is 2.00 bits per heavy atom. The van der Waals surface area contributed by atoms with Crippen LogP contribution in [0.5, 0.6) is 0 Å². The molecule has 0 bridgehead atoms. The smallest absolute Gasteiger partial charge is 0.224 e. The van der Waals surface area contributed by atoms with Crippen LogP contribution in [0.1, 0.15) is 22.5 Å². The zero-order chi connectivity index (χ0) is 15.5. The third-order valence-corrected chi connectivity index (χ3v) is 4.00. The Kier molecular flexibility index (Phi) is 4.00. The van der Waals surface area contributed by atoms with Crippen LogP contribution in [0.25, 0.3) is 10.9 Å². The Balaban J connectivity index is 1.55. The summed E-state index contributed by atoms with van der Waals surface area (Å²) < 4.78 is 0. The first kappa shape index (κ1) is 14.4. The van der Waals surface area contributed by atoms with Crippen LogP contribution in [0.15, 0.2) is 36.5 Å². The minimum atomic E-state index is 0.0645. The van der Waals surface area contributed by atoms with Crippen LogP contribution in [0.3, 0.4) is 0 Å². The number of hydrogen-bond donors (Lipinski definition) is 3. The van der Waals surface area contributed by atoms with Gasteiger partial charge >= 0.3 is 0 Å². The van der Waals surface area contributed by atoms with Gasteiger partial charge < -0.3 is 15.3 Å². The molecule has 3 rings (SSSR count). The number of amides is 1. The average Bonchev–Trinajstić information content (AvgIpc) is 3.03. The van der Waals surface area contributed by atoms with Gasteiger partial charge in [-0.3, -0.25) is 4.79 Å². The molecule has 0 spiro atoms. The second-order valence-electron chi connectivity index (χ2n) is 5.74. The lowest BCUT2D eigenvalue weighted by Crippen LogP contribution is -2.27. The van der Waals surface area contributed by atoms with E-state index in [0.717, 1.165) is 28.6 Å². The molecular weight excluding hydrogens is 274 g/mol. The normalized spacial score (nSPS) is 11.0. The van der Waals surface area contributed by atoms with Crippen LogP contribution in [0.2, 0.25) is 0 Å². The van der Waals surface area contributed by atoms with Gasteiger partial charge in [0, 0.05) is 35.0 Å². The minimum Gasteiger partial charge on any atom is -0.362 e. The molecule has 0 aliphatic rings. The molecule has 114 valence electrons. The van der Waals surface area contributed by atoms with E-state index in [9.17, 15) is 4.79 Å². The molecule has 4 nitrogen and oxygen atoms in total. The molecule has 0 saturated carbocycles. The number of aromatic nitrogens is 2. The summed E-state index contributed by atoms with van der Waals surface area (Å²) in [5.41, 5.74) is 5.73. The van der Waals surface area contributed by atoms with Gasteiger partial charge in [-0.1, -0.05) is 18.2 Å². The van der Waals surface area contributed by atoms with Crippen molar-refractivity contribution in [2.24, 2.45) is 0 Å². The molecule has 1 amide bonds. The van der Waals surface area contributed by atoms with Crippen LogP contribution >= 0.6 is 0 Å². The van der Waals surface area contributed by atoms with Crippen molar-refractivity contribution in [3.05, 3.63) is 59.0 Å². The largest absolute Gasteiger partial charge is 0.362 e. The van der Waals surface area contributed by atoms with Crippen molar-refractivity contribution < 1.29 is 4.79 Å². The van der Waals surface area contributed by atoms with E-state index in [1.165, 1.54) is 11.3 Å². The van der Waals surface area contributed by atoms with Crippen molar-refractivity contribution in [3.63, 3.8) is 0 Å². The topological polar surface area (TPSA) is 60.7 Å². The van der Waals surface area contributed by atoms with Gasteiger partial charge in [0.1, 0.15) is 0 Å². The monoisotopic (exact) mass is 295 g/mol. The van der Waals surface area contributed by atoms with E-state index in [-0.39, 0.29) is 5.91 Å². The standard InChI is InChI=1S/C18H21N3O/c1-12-9-14(13(2)21-12)7-8-19-18(22)10-15-11-20-17-6-4-3-5-16(15)17/h3-6,9,11,20-21H,7-8,10H2,1-2H3,(H,19,22). The molecule has 4 heteroatoms. The molecule has 1 aromatic carbocycles. The Hall–Kier alpha value is -2.49. The van der Waals surface area contributed by atoms with E-state index >= 15 is 0 Å². The van der Waals surface area contributed by atoms with Crippen LogP contribution in [0, 0.1) is 13.8 Å². The highest BCUT2D eigenvalue weighted by molar-refractivity contribution is 5.88. The number of carbonyl (C=O) groups excluding carboxylic acids is 1. The highest BCUT2D eigenvalue weighted by Gasteiger charge is 2.08. The Morgan fingerprint density at radius 3 is 2.77 bits per heavy atom. The molecule has 22 heavy (non-hydrogen) atoms. The molecule has 0 unspecified atom stereocenters. The fourth-order valence-corrected chi connectivity index (χ4v) is 2.89. The average molecular weight is 295 g/mol. The molecule has 0 aliphatic carbocycles. The quantitative estimate of drug-likeness (QED) is 0.666. The zero-order valence-corrected chi connectivity index (χ0v) is 13.0. The van der Waals surface area contributed by atoms with Crippen LogP contribution < -0.4 is 5.32 Å². The van der Waals surface area contributed by atoms with Gasteiger partial charge in [-0.05, 0) is 43.5 Å². The summed E-state index contributed by atoms with van der Waals surface area (Å²) in [6, 6.07) is 10.2. The van der Waals surface area contributed by atoms with E-state index < -0.39 is 0 Å². The molecule has 2 heterocycles. The van der Waals surface area contributed by atoms with E-state index in [1.807, 2.05) is 37.4 Å². The summed E-state index contributed by atoms with van der Waals surface area (Å²) >= 11 is 0. The summed E-state index contributed by atoms with van der Waals surface area (Å²) in [5, 5.41) is 4.12. The van der Waals surface area contributed by atoms with E-state index in [0.29, 0.717) is 13.0 Å². The summed E-state index contributed by atoms with van der Waals surface area (Å²) in [5.74, 6) is 0.0645. The lowest BCUT2D eigenvalue weighted by Gasteiger charge is -2.05. The molecule has 2 aromatic heterocycles. The van der Waals surface area contributed by atoms with Gasteiger partial charge in [0.2, 0.25) is 5.91 Å². The van der Waals surface area contributed by atoms with Crippen LogP contribution in [0.4, 0.5) is 0 Å². The molecule has 0 fully saturated rings. The minimum absolute atomic E-state index is 0.0645. The van der Waals surface area contributed by atoms with E-state index in [1.54, 1.807) is 0 Å². The van der Waals surface area contributed by atoms with E-state index in [4.69, 9.17) is 0 Å². The maximum Gasteiger partial charge on any atom is 0.224 e. The zero-order valence-electron chi connectivity index (χ0n) is 13.0. The number of rotatable bonds is 5. The van der Waals surface area contributed by atoms with Crippen molar-refractivity contribution in [2.45, 2.75) is 26.7 Å². The number of carbonyl (C=O) groups is 1. The number of H-pyrrole nitrogens is 2. The number of aryl methyl sites for hydroxylation is 2. The van der Waals surface area contributed by atoms with Crippen molar-refractivity contribution in [3.8, 4) is 0 Å². The molecule has 0 aliphatic heterocycles. The number of benzene rings is 1. The fourth-order valence-electron chi connectivity index (χ4n) is 2.89. The van der Waals surface area contributed by atoms with Gasteiger partial charge in [-0.15, -0.1) is 0 Å². The van der Waals surface area contributed by atoms with Gasteiger partial charge in [0.15, 0.2) is 0 Å². The number of fused-ring (bicyclic) bond motifs is 1. The maximum atomic E-state index is 12.1. The number of hydrogen-bond acceptors (Lipinski definition) is 1. The van der Waals surface area contributed by atoms with Crippen molar-refractivity contribution in [1.82, 2.24) is 15.3 Å². The summed E-state index contributed by atoms with van der Waals surface area (Å²) in [6.07, 6.45) is 3.19. The van der Waals surface area contributed by atoms with Crippen molar-refractivity contribution in [1.29, 1.82) is 0 Å². The van der Waals surface area contributed by atoms with Gasteiger partial charge in [0.25, 0.3) is 0 Å². The van der Waals surface area contributed by atoms with Gasteiger partial charge in [0.05, 0.1) is 6.42 Å². The number of nitrogens with one attached hydrogen (secondary N) is 3. The predicted octanol–water partition coefficient (Wildman–Crippen LogP) is 3.01. The highest BCUT2D eigenvalue weighted by atomic mass is 16.1. The van der Waals surface area contributed by atoms with Crippen LogP contribution in [-0.4, -0.2) is 22.4 Å². The molecule has 3 aromatic rings. The Bertz CT molecular complexity index is 798. The van der Waals surface area contributed by atoms with Crippen molar-refractivity contribution in [2.75, 3.05) is 6.54 Å². The second-order valence-corrected chi connectivity index (χ2v) is 5.74. The maximum absolute atomic E-state index is 12.1. The third-order valence-electron chi connectivity index (χ3n) is 4.00. The molecular formula is C18H21N3O. The second kappa shape index (κ2) is 6.10. The molecule has 0 saturated heterocycles. The lowest BCUT2D eigenvalue weighted by atomic mass is 10.1. The predicted molar refractivity (Wildman–Crippen MR) is 89.0 cm³/mol. The molecule has 0 atom stereocenters. The summed E-state index contributed by atoms with van der Waals surface area (Å²) in [4.78, 5) is 18.6. The van der Waals surface area contributed by atoms with Crippen LogP contribution in [-0.2, 0) is 17.6 Å². The van der Waals surface area contributed by atoms with E-state index in [2.05, 4.69) is 28.3 Å². The molecule has 0 radical (unpaired) electrons. The van der Waals surface area contributed by atoms with Gasteiger partial charge in [-0.25, -0.2) is 0 Å². The lowest BCUT2D eigenvalue weighted by molar-refractivity contribution is -0.120.